The first kappa shape index (κ1) is 33.7. The molecule has 0 aliphatic heterocycles. The molecular weight excluding hydrogens is 619 g/mol. The molecule has 44 heavy (non-hydrogen) atoms. The summed E-state index contributed by atoms with van der Waals surface area (Å²) < 4.78 is 57.3. The predicted molar refractivity (Wildman–Crippen MR) is 176 cm³/mol. The fourth-order valence-electron chi connectivity index (χ4n) is 5.06. The van der Waals surface area contributed by atoms with E-state index in [-0.39, 0.29) is 27.5 Å². The zero-order valence-electron chi connectivity index (χ0n) is 25.2. The van der Waals surface area contributed by atoms with E-state index in [2.05, 4.69) is 15.0 Å². The van der Waals surface area contributed by atoms with Gasteiger partial charge in [0, 0.05) is 41.9 Å². The number of sulfonamides is 2. The molecule has 0 aliphatic rings. The lowest BCUT2D eigenvalue weighted by Gasteiger charge is -2.30. The van der Waals surface area contributed by atoms with Crippen molar-refractivity contribution in [2.75, 3.05) is 18.8 Å². The summed E-state index contributed by atoms with van der Waals surface area (Å²) in [4.78, 5) is 16.7. The van der Waals surface area contributed by atoms with Crippen LogP contribution in [0, 0.1) is 5.92 Å². The van der Waals surface area contributed by atoms with Gasteiger partial charge in [-0.1, -0.05) is 44.5 Å². The second kappa shape index (κ2) is 14.7. The molecule has 0 aliphatic carbocycles. The van der Waals surface area contributed by atoms with Crippen molar-refractivity contribution in [1.82, 2.24) is 19.3 Å². The van der Waals surface area contributed by atoms with Gasteiger partial charge in [0.05, 0.1) is 4.90 Å². The Labute approximate surface area is 264 Å². The van der Waals surface area contributed by atoms with Crippen LogP contribution in [0.15, 0.2) is 81.3 Å². The minimum Gasteiger partial charge on any atom is -0.399 e. The summed E-state index contributed by atoms with van der Waals surface area (Å²) in [6.07, 6.45) is 3.84. The molecule has 10 nitrogen and oxygen atoms in total. The quantitative estimate of drug-likeness (QED) is 0.101. The highest BCUT2D eigenvalue weighted by Crippen LogP contribution is 2.24. The molecule has 2 heterocycles. The first-order chi connectivity index (χ1) is 20.9. The molecule has 1 amide bonds. The lowest BCUT2D eigenvalue weighted by molar-refractivity contribution is -0.122. The van der Waals surface area contributed by atoms with Gasteiger partial charge < -0.3 is 16.0 Å². The number of benzene rings is 2. The maximum absolute atomic E-state index is 13.5. The molecule has 0 saturated carbocycles. The number of carbonyl (C=O) groups excluding carboxylic acids is 1. The summed E-state index contributed by atoms with van der Waals surface area (Å²) in [5.74, 6) is -0.289. The number of nitrogens with zero attached hydrogens (tertiary/aromatic N) is 1. The van der Waals surface area contributed by atoms with E-state index >= 15 is 0 Å². The van der Waals surface area contributed by atoms with E-state index < -0.39 is 32.0 Å². The molecular formula is C31H41N5O5S3. The van der Waals surface area contributed by atoms with Gasteiger partial charge in [-0.3, -0.25) is 4.79 Å². The molecule has 4 rings (SSSR count). The second-order valence-corrected chi connectivity index (χ2v) is 16.1. The van der Waals surface area contributed by atoms with Gasteiger partial charge >= 0.3 is 0 Å². The number of nitrogen functional groups attached to an aromatic ring is 1. The fourth-order valence-corrected chi connectivity index (χ4v) is 9.09. The molecule has 4 aromatic rings. The van der Waals surface area contributed by atoms with Crippen LogP contribution >= 0.6 is 11.3 Å². The molecule has 2 aromatic carbocycles. The van der Waals surface area contributed by atoms with Crippen LogP contribution in [0.5, 0.6) is 0 Å². The van der Waals surface area contributed by atoms with Crippen LogP contribution < -0.4 is 15.8 Å². The molecule has 0 spiro atoms. The van der Waals surface area contributed by atoms with E-state index in [0.29, 0.717) is 38.0 Å². The van der Waals surface area contributed by atoms with Crippen molar-refractivity contribution in [2.24, 2.45) is 5.92 Å². The number of amides is 1. The number of fused-ring (bicyclic) bond motifs is 1. The molecule has 0 radical (unpaired) electrons. The zero-order chi connectivity index (χ0) is 31.9. The number of aromatic amines is 1. The number of hydrogen-bond donors (Lipinski definition) is 4. The molecule has 0 fully saturated rings. The van der Waals surface area contributed by atoms with Gasteiger partial charge in [-0.05, 0) is 79.4 Å². The Morgan fingerprint density at radius 1 is 0.977 bits per heavy atom. The number of anilines is 1. The summed E-state index contributed by atoms with van der Waals surface area (Å²) in [5, 5.41) is 5.49. The summed E-state index contributed by atoms with van der Waals surface area (Å²) in [7, 11) is -7.61. The van der Waals surface area contributed by atoms with Crippen LogP contribution in [0.3, 0.4) is 0 Å². The molecule has 5 N–H and O–H groups in total. The Bertz CT molecular complexity index is 1730. The SMILES string of the molecule is CC(C)CN([C@H](C)CCCCNC(=O)[C@H](Cc1c[nH]c2ccccc12)NS(=O)(=O)c1cccs1)S(=O)(=O)c1ccc(N)cc1. The van der Waals surface area contributed by atoms with E-state index in [1.807, 2.05) is 45.0 Å². The molecule has 0 bridgehead atoms. The first-order valence-corrected chi connectivity index (χ1v) is 18.4. The highest BCUT2D eigenvalue weighted by atomic mass is 32.2. The Hall–Kier alpha value is -3.23. The molecule has 238 valence electrons. The van der Waals surface area contributed by atoms with Gasteiger partial charge in [-0.15, -0.1) is 11.3 Å². The Balaban J connectivity index is 1.38. The van der Waals surface area contributed by atoms with E-state index in [1.54, 1.807) is 34.1 Å². The van der Waals surface area contributed by atoms with E-state index in [4.69, 9.17) is 5.73 Å². The first-order valence-electron chi connectivity index (χ1n) is 14.6. The number of H-pyrrole nitrogens is 1. The van der Waals surface area contributed by atoms with Gasteiger partial charge in [0.15, 0.2) is 0 Å². The maximum atomic E-state index is 13.5. The van der Waals surface area contributed by atoms with Crippen LogP contribution in [0.2, 0.25) is 0 Å². The molecule has 13 heteroatoms. The minimum absolute atomic E-state index is 0.132. The fraction of sp³-hybridized carbons (Fsp3) is 0.387. The summed E-state index contributed by atoms with van der Waals surface area (Å²) in [5.41, 5.74) is 7.99. The number of nitrogens with one attached hydrogen (secondary N) is 3. The number of rotatable bonds is 16. The number of carbonyl (C=O) groups is 1. The number of para-hydroxylation sites is 1. The van der Waals surface area contributed by atoms with Crippen LogP contribution in [-0.4, -0.2) is 57.2 Å². The topological polar surface area (TPSA) is 154 Å². The van der Waals surface area contributed by atoms with E-state index in [0.717, 1.165) is 27.8 Å². The van der Waals surface area contributed by atoms with Crippen LogP contribution in [-0.2, 0) is 31.3 Å². The number of nitrogens with two attached hydrogens (primary N) is 1. The summed E-state index contributed by atoms with van der Waals surface area (Å²) in [6.45, 7) is 6.56. The smallest absolute Gasteiger partial charge is 0.250 e. The third-order valence-electron chi connectivity index (χ3n) is 7.34. The van der Waals surface area contributed by atoms with Crippen molar-refractivity contribution in [3.63, 3.8) is 0 Å². The van der Waals surface area contributed by atoms with Crippen molar-refractivity contribution in [1.29, 1.82) is 0 Å². The molecule has 2 atom stereocenters. The van der Waals surface area contributed by atoms with Crippen LogP contribution in [0.1, 0.15) is 45.6 Å². The molecule has 0 saturated heterocycles. The number of hydrogen-bond acceptors (Lipinski definition) is 7. The number of thiophene rings is 1. The summed E-state index contributed by atoms with van der Waals surface area (Å²) in [6, 6.07) is 15.8. The maximum Gasteiger partial charge on any atom is 0.250 e. The van der Waals surface area contributed by atoms with Crippen molar-refractivity contribution in [2.45, 2.75) is 67.6 Å². The van der Waals surface area contributed by atoms with Crippen LogP contribution in [0.4, 0.5) is 5.69 Å². The van der Waals surface area contributed by atoms with E-state index in [1.165, 1.54) is 18.2 Å². The predicted octanol–water partition coefficient (Wildman–Crippen LogP) is 4.72. The summed E-state index contributed by atoms with van der Waals surface area (Å²) >= 11 is 1.09. The third kappa shape index (κ3) is 8.48. The van der Waals surface area contributed by atoms with Crippen molar-refractivity contribution < 1.29 is 21.6 Å². The average molecular weight is 660 g/mol. The Kier molecular flexibility index (Phi) is 11.2. The van der Waals surface area contributed by atoms with Crippen LogP contribution in [0.25, 0.3) is 10.9 Å². The van der Waals surface area contributed by atoms with Gasteiger partial charge in [0.1, 0.15) is 10.3 Å². The van der Waals surface area contributed by atoms with Gasteiger partial charge in [0.25, 0.3) is 10.0 Å². The highest BCUT2D eigenvalue weighted by Gasteiger charge is 2.30. The number of aromatic nitrogens is 1. The van der Waals surface area contributed by atoms with Crippen molar-refractivity contribution >= 4 is 53.9 Å². The van der Waals surface area contributed by atoms with E-state index in [9.17, 15) is 21.6 Å². The Morgan fingerprint density at radius 2 is 1.70 bits per heavy atom. The lowest BCUT2D eigenvalue weighted by Crippen LogP contribution is -2.48. The van der Waals surface area contributed by atoms with Gasteiger partial charge in [-0.2, -0.15) is 9.03 Å². The lowest BCUT2D eigenvalue weighted by atomic mass is 10.0. The highest BCUT2D eigenvalue weighted by molar-refractivity contribution is 7.91. The number of unbranched alkanes of at least 4 members (excludes halogenated alkanes) is 1. The Morgan fingerprint density at radius 3 is 2.39 bits per heavy atom. The van der Waals surface area contributed by atoms with Gasteiger partial charge in [-0.25, -0.2) is 16.8 Å². The normalized spacial score (nSPS) is 13.8. The standard InChI is InChI=1S/C31H41N5O5S3/c1-22(2)21-36(44(40,41)26-15-13-25(32)14-16-26)23(3)9-6-7-17-33-31(37)29(35-43(38,39)30-12-8-18-42-30)19-24-20-34-28-11-5-4-10-27(24)28/h4-5,8,10-16,18,20,22-23,29,34-35H,6-7,9,17,19,21,32H2,1-3H3,(H,33,37)/t23-,29+/m1/s1. The largest absolute Gasteiger partial charge is 0.399 e. The molecule has 2 aromatic heterocycles. The monoisotopic (exact) mass is 659 g/mol. The average Bonchev–Trinajstić information content (AvgIpc) is 3.67. The van der Waals surface area contributed by atoms with Gasteiger partial charge in [0.2, 0.25) is 15.9 Å². The van der Waals surface area contributed by atoms with Crippen molar-refractivity contribution in [3.05, 3.63) is 77.8 Å². The third-order valence-corrected chi connectivity index (χ3v) is 12.2. The minimum atomic E-state index is -3.89. The second-order valence-electron chi connectivity index (χ2n) is 11.3. The molecule has 0 unspecified atom stereocenters. The zero-order valence-corrected chi connectivity index (χ0v) is 27.6. The van der Waals surface area contributed by atoms with Crippen molar-refractivity contribution in [3.8, 4) is 0 Å².